The molecule has 0 aliphatic carbocycles. The third-order valence-corrected chi connectivity index (χ3v) is 3.68. The minimum Gasteiger partial charge on any atom is -0.497 e. The summed E-state index contributed by atoms with van der Waals surface area (Å²) in [5.74, 6) is 2.35. The molecule has 0 amide bonds. The monoisotopic (exact) mass is 321 g/mol. The molecule has 6 nitrogen and oxygen atoms in total. The number of nitrogens with zero attached hydrogens (tertiary/aromatic N) is 1. The van der Waals surface area contributed by atoms with E-state index in [0.29, 0.717) is 12.6 Å². The van der Waals surface area contributed by atoms with E-state index in [9.17, 15) is 0 Å². The van der Waals surface area contributed by atoms with Gasteiger partial charge >= 0.3 is 0 Å². The molecule has 2 N–H and O–H groups in total. The summed E-state index contributed by atoms with van der Waals surface area (Å²) in [6, 6.07) is 7.60. The van der Waals surface area contributed by atoms with E-state index in [4.69, 9.17) is 14.2 Å². The van der Waals surface area contributed by atoms with E-state index < -0.39 is 0 Å². The average Bonchev–Trinajstić information content (AvgIpc) is 3.08. The number of benzene rings is 1. The molecular weight excluding hydrogens is 294 g/mol. The SMILES string of the molecule is CN=C(NCC(C)Oc1cccc(OC)c1)NCC1CCCO1. The highest BCUT2D eigenvalue weighted by Crippen LogP contribution is 2.19. The zero-order valence-corrected chi connectivity index (χ0v) is 14.2. The van der Waals surface area contributed by atoms with Gasteiger partial charge in [-0.25, -0.2) is 0 Å². The minimum absolute atomic E-state index is 0.00314. The fourth-order valence-electron chi connectivity index (χ4n) is 2.43. The van der Waals surface area contributed by atoms with Crippen molar-refractivity contribution in [3.05, 3.63) is 24.3 Å². The number of nitrogens with one attached hydrogen (secondary N) is 2. The van der Waals surface area contributed by atoms with E-state index in [2.05, 4.69) is 15.6 Å². The molecule has 1 fully saturated rings. The van der Waals surface area contributed by atoms with Gasteiger partial charge in [-0.15, -0.1) is 0 Å². The van der Waals surface area contributed by atoms with Gasteiger partial charge in [-0.2, -0.15) is 0 Å². The lowest BCUT2D eigenvalue weighted by Crippen LogP contribution is -2.44. The van der Waals surface area contributed by atoms with Gasteiger partial charge in [0.15, 0.2) is 5.96 Å². The number of hydrogen-bond acceptors (Lipinski definition) is 4. The van der Waals surface area contributed by atoms with E-state index >= 15 is 0 Å². The molecule has 1 aliphatic rings. The highest BCUT2D eigenvalue weighted by molar-refractivity contribution is 5.79. The largest absolute Gasteiger partial charge is 0.497 e. The molecule has 2 atom stereocenters. The van der Waals surface area contributed by atoms with Crippen LogP contribution in [0.2, 0.25) is 0 Å². The summed E-state index contributed by atoms with van der Waals surface area (Å²) < 4.78 is 16.7. The van der Waals surface area contributed by atoms with Crippen molar-refractivity contribution in [1.82, 2.24) is 10.6 Å². The molecule has 0 aromatic heterocycles. The lowest BCUT2D eigenvalue weighted by Gasteiger charge is -2.19. The second kappa shape index (κ2) is 9.25. The molecule has 0 spiro atoms. The molecule has 0 saturated carbocycles. The van der Waals surface area contributed by atoms with E-state index in [1.165, 1.54) is 0 Å². The van der Waals surface area contributed by atoms with Crippen molar-refractivity contribution in [2.75, 3.05) is 33.9 Å². The van der Waals surface area contributed by atoms with Gasteiger partial charge in [-0.05, 0) is 31.9 Å². The van der Waals surface area contributed by atoms with Crippen LogP contribution in [-0.4, -0.2) is 52.0 Å². The molecule has 2 unspecified atom stereocenters. The summed E-state index contributed by atoms with van der Waals surface area (Å²) in [6.07, 6.45) is 2.55. The summed E-state index contributed by atoms with van der Waals surface area (Å²) in [6.45, 7) is 4.32. The summed E-state index contributed by atoms with van der Waals surface area (Å²) >= 11 is 0. The Kier molecular flexibility index (Phi) is 7.00. The summed E-state index contributed by atoms with van der Waals surface area (Å²) in [5, 5.41) is 6.56. The molecule has 128 valence electrons. The van der Waals surface area contributed by atoms with Gasteiger partial charge in [0.25, 0.3) is 0 Å². The van der Waals surface area contributed by atoms with Crippen LogP contribution in [0.25, 0.3) is 0 Å². The van der Waals surface area contributed by atoms with Gasteiger partial charge in [0.05, 0.1) is 19.8 Å². The zero-order valence-electron chi connectivity index (χ0n) is 14.2. The van der Waals surface area contributed by atoms with Crippen LogP contribution in [0.4, 0.5) is 0 Å². The van der Waals surface area contributed by atoms with Crippen LogP contribution >= 0.6 is 0 Å². The Morgan fingerprint density at radius 2 is 2.22 bits per heavy atom. The van der Waals surface area contributed by atoms with E-state index in [1.807, 2.05) is 31.2 Å². The second-order valence-electron chi connectivity index (χ2n) is 5.58. The van der Waals surface area contributed by atoms with Crippen molar-refractivity contribution < 1.29 is 14.2 Å². The van der Waals surface area contributed by atoms with Crippen LogP contribution in [0.3, 0.4) is 0 Å². The van der Waals surface area contributed by atoms with Crippen molar-refractivity contribution in [1.29, 1.82) is 0 Å². The molecule has 0 bridgehead atoms. The number of guanidine groups is 1. The number of ether oxygens (including phenoxy) is 3. The van der Waals surface area contributed by atoms with Gasteiger partial charge in [0, 0.05) is 26.3 Å². The van der Waals surface area contributed by atoms with Gasteiger partial charge in [-0.1, -0.05) is 6.07 Å². The van der Waals surface area contributed by atoms with Gasteiger partial charge in [0.2, 0.25) is 0 Å². The third kappa shape index (κ3) is 5.98. The summed E-state index contributed by atoms with van der Waals surface area (Å²) in [7, 11) is 3.41. The van der Waals surface area contributed by atoms with E-state index in [0.717, 1.165) is 43.5 Å². The first-order valence-corrected chi connectivity index (χ1v) is 8.08. The number of aliphatic imine (C=N–C) groups is 1. The molecule has 1 saturated heterocycles. The van der Waals surface area contributed by atoms with Crippen molar-refractivity contribution in [2.24, 2.45) is 4.99 Å². The van der Waals surface area contributed by atoms with E-state index in [-0.39, 0.29) is 6.10 Å². The predicted molar refractivity (Wildman–Crippen MR) is 91.4 cm³/mol. The van der Waals surface area contributed by atoms with Crippen LogP contribution < -0.4 is 20.1 Å². The molecule has 2 rings (SSSR count). The number of hydrogen-bond donors (Lipinski definition) is 2. The van der Waals surface area contributed by atoms with Crippen molar-refractivity contribution in [3.63, 3.8) is 0 Å². The average molecular weight is 321 g/mol. The summed E-state index contributed by atoms with van der Waals surface area (Å²) in [4.78, 5) is 4.22. The topological polar surface area (TPSA) is 64.1 Å². The standard InChI is InChI=1S/C17H27N3O3/c1-13(23-15-7-4-6-14(10-15)21-3)11-19-17(18-2)20-12-16-8-5-9-22-16/h4,6-7,10,13,16H,5,8-9,11-12H2,1-3H3,(H2,18,19,20). The van der Waals surface area contributed by atoms with Crippen molar-refractivity contribution >= 4 is 5.96 Å². The first kappa shape index (κ1) is 17.4. The lowest BCUT2D eigenvalue weighted by molar-refractivity contribution is 0.113. The lowest BCUT2D eigenvalue weighted by atomic mass is 10.2. The Labute approximate surface area is 138 Å². The quantitative estimate of drug-likeness (QED) is 0.592. The molecule has 1 aromatic carbocycles. The van der Waals surface area contributed by atoms with Gasteiger partial charge in [0.1, 0.15) is 17.6 Å². The highest BCUT2D eigenvalue weighted by Gasteiger charge is 2.15. The highest BCUT2D eigenvalue weighted by atomic mass is 16.5. The maximum Gasteiger partial charge on any atom is 0.191 e. The smallest absolute Gasteiger partial charge is 0.191 e. The molecule has 6 heteroatoms. The van der Waals surface area contributed by atoms with E-state index in [1.54, 1.807) is 14.2 Å². The van der Waals surface area contributed by atoms with Crippen LogP contribution in [-0.2, 0) is 4.74 Å². The molecular formula is C17H27N3O3. The van der Waals surface area contributed by atoms with Crippen molar-refractivity contribution in [2.45, 2.75) is 32.0 Å². The van der Waals surface area contributed by atoms with Crippen LogP contribution in [0.15, 0.2) is 29.3 Å². The third-order valence-electron chi connectivity index (χ3n) is 3.68. The maximum absolute atomic E-state index is 5.88. The van der Waals surface area contributed by atoms with Crippen LogP contribution in [0, 0.1) is 0 Å². The molecule has 23 heavy (non-hydrogen) atoms. The van der Waals surface area contributed by atoms with Gasteiger partial charge < -0.3 is 24.8 Å². The minimum atomic E-state index is 0.00314. The first-order valence-electron chi connectivity index (χ1n) is 8.08. The van der Waals surface area contributed by atoms with Crippen molar-refractivity contribution in [3.8, 4) is 11.5 Å². The fourth-order valence-corrected chi connectivity index (χ4v) is 2.43. The Morgan fingerprint density at radius 3 is 2.91 bits per heavy atom. The number of rotatable bonds is 7. The molecule has 1 heterocycles. The molecule has 1 aliphatic heterocycles. The van der Waals surface area contributed by atoms with Crippen LogP contribution in [0.5, 0.6) is 11.5 Å². The fraction of sp³-hybridized carbons (Fsp3) is 0.588. The Morgan fingerprint density at radius 1 is 1.39 bits per heavy atom. The van der Waals surface area contributed by atoms with Crippen LogP contribution in [0.1, 0.15) is 19.8 Å². The number of methoxy groups -OCH3 is 1. The first-order chi connectivity index (χ1) is 11.2. The Hall–Kier alpha value is -1.95. The molecule has 0 radical (unpaired) electrons. The predicted octanol–water partition coefficient (Wildman–Crippen LogP) is 1.81. The summed E-state index contributed by atoms with van der Waals surface area (Å²) in [5.41, 5.74) is 0. The maximum atomic E-state index is 5.88. The Balaban J connectivity index is 1.72. The Bertz CT molecular complexity index is 502. The van der Waals surface area contributed by atoms with Gasteiger partial charge in [-0.3, -0.25) is 4.99 Å². The second-order valence-corrected chi connectivity index (χ2v) is 5.58. The normalized spacial score (nSPS) is 19.3. The molecule has 1 aromatic rings. The zero-order chi connectivity index (χ0) is 16.5.